The van der Waals surface area contributed by atoms with Gasteiger partial charge in [-0.15, -0.1) is 0 Å². The van der Waals surface area contributed by atoms with Crippen LogP contribution in [0.5, 0.6) is 0 Å². The fraction of sp³-hybridized carbons (Fsp3) is 0.583. The molecule has 2 N–H and O–H groups in total. The fourth-order valence-corrected chi connectivity index (χ4v) is 1.59. The van der Waals surface area contributed by atoms with E-state index >= 15 is 0 Å². The van der Waals surface area contributed by atoms with Gasteiger partial charge in [0.2, 0.25) is 0 Å². The van der Waals surface area contributed by atoms with Crippen molar-refractivity contribution >= 4 is 11.6 Å². The summed E-state index contributed by atoms with van der Waals surface area (Å²) in [4.78, 5) is 3.96. The van der Waals surface area contributed by atoms with Crippen LogP contribution < -0.4 is 10.6 Å². The lowest BCUT2D eigenvalue weighted by Gasteiger charge is -2.14. The normalized spacial score (nSPS) is 12.7. The lowest BCUT2D eigenvalue weighted by molar-refractivity contribution is 0.501. The lowest BCUT2D eigenvalue weighted by Crippen LogP contribution is -2.36. The van der Waals surface area contributed by atoms with Gasteiger partial charge in [0.1, 0.15) is 0 Å². The van der Waals surface area contributed by atoms with Crippen molar-refractivity contribution in [3.8, 4) is 0 Å². The first-order valence-electron chi connectivity index (χ1n) is 5.76. The standard InChI is InChI=1S/C12H20ClN3/c1-3-5-14-7-10(2)16-8-11-4-6-15-9-12(11)13/h4,6,9-10,14,16H,3,5,7-8H2,1-2H3. The zero-order chi connectivity index (χ0) is 11.8. The van der Waals surface area contributed by atoms with Crippen molar-refractivity contribution in [2.75, 3.05) is 13.1 Å². The van der Waals surface area contributed by atoms with Crippen molar-refractivity contribution in [3.63, 3.8) is 0 Å². The zero-order valence-electron chi connectivity index (χ0n) is 9.96. The molecular formula is C12H20ClN3. The molecule has 0 spiro atoms. The van der Waals surface area contributed by atoms with E-state index in [2.05, 4.69) is 29.5 Å². The van der Waals surface area contributed by atoms with Gasteiger partial charge < -0.3 is 10.6 Å². The van der Waals surface area contributed by atoms with Crippen LogP contribution in [0.2, 0.25) is 5.02 Å². The molecule has 1 aromatic heterocycles. The molecule has 90 valence electrons. The number of nitrogens with one attached hydrogen (secondary N) is 2. The summed E-state index contributed by atoms with van der Waals surface area (Å²) < 4.78 is 0. The molecule has 1 heterocycles. The maximum absolute atomic E-state index is 6.02. The zero-order valence-corrected chi connectivity index (χ0v) is 10.7. The van der Waals surface area contributed by atoms with Crippen LogP contribution in [0.15, 0.2) is 18.5 Å². The molecule has 0 bridgehead atoms. The lowest BCUT2D eigenvalue weighted by atomic mass is 10.2. The first-order valence-corrected chi connectivity index (χ1v) is 6.14. The maximum atomic E-state index is 6.02. The first kappa shape index (κ1) is 13.4. The molecule has 1 unspecified atom stereocenters. The number of hydrogen-bond acceptors (Lipinski definition) is 3. The summed E-state index contributed by atoms with van der Waals surface area (Å²) in [7, 11) is 0. The van der Waals surface area contributed by atoms with Crippen LogP contribution in [0, 0.1) is 0 Å². The van der Waals surface area contributed by atoms with Gasteiger partial charge in [-0.1, -0.05) is 18.5 Å². The third-order valence-corrected chi connectivity index (χ3v) is 2.72. The molecule has 1 rings (SSSR count). The highest BCUT2D eigenvalue weighted by Gasteiger charge is 2.03. The van der Waals surface area contributed by atoms with Crippen LogP contribution in [0.25, 0.3) is 0 Å². The quantitative estimate of drug-likeness (QED) is 0.719. The summed E-state index contributed by atoms with van der Waals surface area (Å²) >= 11 is 6.02. The second-order valence-electron chi connectivity index (χ2n) is 3.95. The molecule has 4 heteroatoms. The Morgan fingerprint density at radius 2 is 2.31 bits per heavy atom. The van der Waals surface area contributed by atoms with Gasteiger partial charge in [-0.25, -0.2) is 0 Å². The Morgan fingerprint density at radius 3 is 3.00 bits per heavy atom. The van der Waals surface area contributed by atoms with E-state index in [0.29, 0.717) is 6.04 Å². The Labute approximate surface area is 103 Å². The Morgan fingerprint density at radius 1 is 1.50 bits per heavy atom. The Balaban J connectivity index is 2.26. The van der Waals surface area contributed by atoms with E-state index in [-0.39, 0.29) is 0 Å². The fourth-order valence-electron chi connectivity index (χ4n) is 1.40. The summed E-state index contributed by atoms with van der Waals surface area (Å²) in [5, 5.41) is 7.53. The third kappa shape index (κ3) is 4.92. The van der Waals surface area contributed by atoms with Gasteiger partial charge in [0.25, 0.3) is 0 Å². The maximum Gasteiger partial charge on any atom is 0.0634 e. The second kappa shape index (κ2) is 7.60. The highest BCUT2D eigenvalue weighted by Crippen LogP contribution is 2.12. The molecule has 1 aromatic rings. The van der Waals surface area contributed by atoms with Crippen molar-refractivity contribution in [1.29, 1.82) is 0 Å². The van der Waals surface area contributed by atoms with E-state index in [1.165, 1.54) is 6.42 Å². The van der Waals surface area contributed by atoms with Crippen LogP contribution in [0.4, 0.5) is 0 Å². The van der Waals surface area contributed by atoms with Crippen molar-refractivity contribution in [3.05, 3.63) is 29.0 Å². The van der Waals surface area contributed by atoms with Crippen LogP contribution in [-0.2, 0) is 6.54 Å². The molecule has 0 aliphatic carbocycles. The summed E-state index contributed by atoms with van der Waals surface area (Å²) in [5.74, 6) is 0. The van der Waals surface area contributed by atoms with Gasteiger partial charge in [-0.2, -0.15) is 0 Å². The Bertz CT molecular complexity index is 304. The molecule has 1 atom stereocenters. The van der Waals surface area contributed by atoms with Gasteiger partial charge in [-0.3, -0.25) is 4.98 Å². The second-order valence-corrected chi connectivity index (χ2v) is 4.36. The highest BCUT2D eigenvalue weighted by molar-refractivity contribution is 6.31. The van der Waals surface area contributed by atoms with E-state index in [0.717, 1.165) is 30.2 Å². The number of rotatable bonds is 7. The first-order chi connectivity index (χ1) is 7.74. The molecule has 0 aliphatic heterocycles. The molecule has 0 saturated heterocycles. The smallest absolute Gasteiger partial charge is 0.0634 e. The molecule has 3 nitrogen and oxygen atoms in total. The average molecular weight is 242 g/mol. The molecule has 0 radical (unpaired) electrons. The van der Waals surface area contributed by atoms with Crippen molar-refractivity contribution in [2.45, 2.75) is 32.9 Å². The monoisotopic (exact) mass is 241 g/mol. The minimum atomic E-state index is 0.441. The van der Waals surface area contributed by atoms with Crippen LogP contribution in [-0.4, -0.2) is 24.1 Å². The largest absolute Gasteiger partial charge is 0.315 e. The van der Waals surface area contributed by atoms with E-state index in [1.54, 1.807) is 12.4 Å². The molecule has 0 fully saturated rings. The summed E-state index contributed by atoms with van der Waals surface area (Å²) in [6.45, 7) is 7.18. The molecule has 0 aromatic carbocycles. The van der Waals surface area contributed by atoms with Gasteiger partial charge in [-0.05, 0) is 31.5 Å². The van der Waals surface area contributed by atoms with E-state index in [1.807, 2.05) is 6.07 Å². The van der Waals surface area contributed by atoms with Crippen LogP contribution >= 0.6 is 11.6 Å². The number of hydrogen-bond donors (Lipinski definition) is 2. The predicted molar refractivity (Wildman–Crippen MR) is 68.7 cm³/mol. The summed E-state index contributed by atoms with van der Waals surface area (Å²) in [5.41, 5.74) is 1.10. The SMILES string of the molecule is CCCNCC(C)NCc1ccncc1Cl. The minimum absolute atomic E-state index is 0.441. The van der Waals surface area contributed by atoms with E-state index < -0.39 is 0 Å². The third-order valence-electron chi connectivity index (χ3n) is 2.37. The summed E-state index contributed by atoms with van der Waals surface area (Å²) in [6.07, 6.45) is 4.62. The Hall–Kier alpha value is -0.640. The number of halogens is 1. The molecule has 16 heavy (non-hydrogen) atoms. The van der Waals surface area contributed by atoms with Gasteiger partial charge in [0.05, 0.1) is 5.02 Å². The molecule has 0 aliphatic rings. The molecule has 0 amide bonds. The minimum Gasteiger partial charge on any atom is -0.315 e. The predicted octanol–water partition coefficient (Wildman–Crippen LogP) is 2.21. The number of aromatic nitrogens is 1. The topological polar surface area (TPSA) is 37.0 Å². The van der Waals surface area contributed by atoms with Gasteiger partial charge in [0.15, 0.2) is 0 Å². The van der Waals surface area contributed by atoms with Crippen molar-refractivity contribution in [2.24, 2.45) is 0 Å². The summed E-state index contributed by atoms with van der Waals surface area (Å²) in [6, 6.07) is 2.39. The number of pyridine rings is 1. The number of nitrogens with zero attached hydrogens (tertiary/aromatic N) is 1. The van der Waals surface area contributed by atoms with Crippen LogP contribution in [0.3, 0.4) is 0 Å². The van der Waals surface area contributed by atoms with E-state index in [4.69, 9.17) is 11.6 Å². The van der Waals surface area contributed by atoms with Gasteiger partial charge >= 0.3 is 0 Å². The Kier molecular flexibility index (Phi) is 6.38. The highest BCUT2D eigenvalue weighted by atomic mass is 35.5. The average Bonchev–Trinajstić information content (AvgIpc) is 2.28. The van der Waals surface area contributed by atoms with Gasteiger partial charge in [0, 0.05) is 31.5 Å². The van der Waals surface area contributed by atoms with Crippen molar-refractivity contribution < 1.29 is 0 Å². The molecule has 0 saturated carbocycles. The van der Waals surface area contributed by atoms with Crippen molar-refractivity contribution in [1.82, 2.24) is 15.6 Å². The molecular weight excluding hydrogens is 222 g/mol. The van der Waals surface area contributed by atoms with E-state index in [9.17, 15) is 0 Å². The van der Waals surface area contributed by atoms with Crippen LogP contribution in [0.1, 0.15) is 25.8 Å².